The van der Waals surface area contributed by atoms with E-state index < -0.39 is 15.4 Å². The lowest BCUT2D eigenvalue weighted by molar-refractivity contribution is -0.143. The number of nitrogens with zero attached hydrogens (tertiary/aromatic N) is 2. The lowest BCUT2D eigenvalue weighted by Gasteiger charge is -2.43. The molecule has 9 nitrogen and oxygen atoms in total. The van der Waals surface area contributed by atoms with Crippen LogP contribution in [0.2, 0.25) is 5.02 Å². The van der Waals surface area contributed by atoms with Crippen molar-refractivity contribution in [3.63, 3.8) is 0 Å². The lowest BCUT2D eigenvalue weighted by atomic mass is 9.77. The first kappa shape index (κ1) is 24.8. The number of halogens is 1. The largest absolute Gasteiger partial charge is 0.493 e. The van der Waals surface area contributed by atoms with Crippen LogP contribution in [0.4, 0.5) is 0 Å². The van der Waals surface area contributed by atoms with Gasteiger partial charge in [0.25, 0.3) is 0 Å². The molecule has 1 atom stereocenters. The highest BCUT2D eigenvalue weighted by molar-refractivity contribution is 7.88. The van der Waals surface area contributed by atoms with Crippen LogP contribution in [0, 0.1) is 5.41 Å². The third-order valence-electron chi connectivity index (χ3n) is 5.73. The molecule has 2 aliphatic heterocycles. The second-order valence-corrected chi connectivity index (χ2v) is 10.7. The predicted molar refractivity (Wildman–Crippen MR) is 120 cm³/mol. The highest BCUT2D eigenvalue weighted by Crippen LogP contribution is 2.35. The van der Waals surface area contributed by atoms with E-state index in [9.17, 15) is 18.0 Å². The number of amides is 2. The quantitative estimate of drug-likeness (QED) is 0.589. The molecule has 0 spiro atoms. The third kappa shape index (κ3) is 7.33. The third-order valence-corrected chi connectivity index (χ3v) is 6.63. The minimum Gasteiger partial charge on any atom is -0.493 e. The average Bonchev–Trinajstić information content (AvgIpc) is 2.76. The Morgan fingerprint density at radius 1 is 1.19 bits per heavy atom. The number of nitrogens with one attached hydrogen (secondary N) is 1. The van der Waals surface area contributed by atoms with Gasteiger partial charge >= 0.3 is 0 Å². The summed E-state index contributed by atoms with van der Waals surface area (Å²) >= 11 is 6.06. The summed E-state index contributed by atoms with van der Waals surface area (Å²) in [6.07, 6.45) is 2.66. The van der Waals surface area contributed by atoms with Gasteiger partial charge in [-0.2, -0.15) is 0 Å². The van der Waals surface area contributed by atoms with Crippen LogP contribution in [0.15, 0.2) is 24.3 Å². The molecule has 32 heavy (non-hydrogen) atoms. The van der Waals surface area contributed by atoms with Crippen LogP contribution in [0.25, 0.3) is 0 Å². The molecule has 2 amide bonds. The number of piperidine rings is 1. The van der Waals surface area contributed by atoms with Gasteiger partial charge in [0, 0.05) is 43.0 Å². The lowest BCUT2D eigenvalue weighted by Crippen LogP contribution is -2.53. The fraction of sp³-hybridized carbons (Fsp3) is 0.619. The van der Waals surface area contributed by atoms with Crippen LogP contribution in [0.3, 0.4) is 0 Å². The number of hydrogen-bond acceptors (Lipinski definition) is 6. The Labute approximate surface area is 194 Å². The molecule has 0 aliphatic carbocycles. The summed E-state index contributed by atoms with van der Waals surface area (Å²) < 4.78 is 36.4. The molecule has 0 radical (unpaired) electrons. The molecule has 2 saturated heterocycles. The van der Waals surface area contributed by atoms with Gasteiger partial charge in [0.05, 0.1) is 32.6 Å². The maximum absolute atomic E-state index is 13.1. The van der Waals surface area contributed by atoms with E-state index in [2.05, 4.69) is 4.72 Å². The second kappa shape index (κ2) is 10.8. The van der Waals surface area contributed by atoms with Crippen LogP contribution >= 0.6 is 11.6 Å². The SMILES string of the molecule is CS(=O)(=O)NCC(=O)N1CCCC(COc2cccc(Cl)c2)(CC(=O)N2CCOCC2)C1. The van der Waals surface area contributed by atoms with E-state index in [4.69, 9.17) is 21.1 Å². The van der Waals surface area contributed by atoms with Crippen molar-refractivity contribution in [2.45, 2.75) is 19.3 Å². The first-order valence-corrected chi connectivity index (χ1v) is 12.9. The van der Waals surface area contributed by atoms with Crippen LogP contribution in [-0.2, 0) is 24.3 Å². The Kier molecular flexibility index (Phi) is 8.37. The zero-order chi connectivity index (χ0) is 23.2. The highest BCUT2D eigenvalue weighted by atomic mass is 35.5. The molecule has 11 heteroatoms. The zero-order valence-electron chi connectivity index (χ0n) is 18.2. The van der Waals surface area contributed by atoms with E-state index >= 15 is 0 Å². The number of morpholine rings is 1. The van der Waals surface area contributed by atoms with Crippen LogP contribution in [0.1, 0.15) is 19.3 Å². The van der Waals surface area contributed by atoms with E-state index in [0.29, 0.717) is 63.0 Å². The van der Waals surface area contributed by atoms with Gasteiger partial charge in [-0.25, -0.2) is 13.1 Å². The molecule has 2 fully saturated rings. The number of sulfonamides is 1. The Hall–Kier alpha value is -1.88. The van der Waals surface area contributed by atoms with Crippen molar-refractivity contribution in [2.24, 2.45) is 5.41 Å². The number of likely N-dealkylation sites (tertiary alicyclic amines) is 1. The molecule has 2 aliphatic rings. The van der Waals surface area contributed by atoms with Gasteiger partial charge in [-0.1, -0.05) is 17.7 Å². The van der Waals surface area contributed by atoms with Crippen LogP contribution < -0.4 is 9.46 Å². The summed E-state index contributed by atoms with van der Waals surface area (Å²) in [5.74, 6) is 0.283. The van der Waals surface area contributed by atoms with Crippen molar-refractivity contribution in [3.05, 3.63) is 29.3 Å². The number of rotatable bonds is 8. The number of carbonyl (C=O) groups is 2. The molecule has 1 aromatic carbocycles. The Balaban J connectivity index is 1.73. The topological polar surface area (TPSA) is 105 Å². The van der Waals surface area contributed by atoms with Crippen molar-refractivity contribution in [1.29, 1.82) is 0 Å². The van der Waals surface area contributed by atoms with Gasteiger partial charge < -0.3 is 19.3 Å². The molecule has 0 saturated carbocycles. The van der Waals surface area contributed by atoms with E-state index in [0.717, 1.165) is 6.26 Å². The Morgan fingerprint density at radius 2 is 1.94 bits per heavy atom. The monoisotopic (exact) mass is 487 g/mol. The van der Waals surface area contributed by atoms with Crippen molar-refractivity contribution < 1.29 is 27.5 Å². The number of ether oxygens (including phenoxy) is 2. The molecule has 0 bridgehead atoms. The maximum Gasteiger partial charge on any atom is 0.237 e. The average molecular weight is 488 g/mol. The van der Waals surface area contributed by atoms with Crippen molar-refractivity contribution in [2.75, 3.05) is 58.8 Å². The summed E-state index contributed by atoms with van der Waals surface area (Å²) in [6, 6.07) is 7.05. The summed E-state index contributed by atoms with van der Waals surface area (Å²) in [5, 5.41) is 0.549. The van der Waals surface area contributed by atoms with Gasteiger partial charge in [-0.15, -0.1) is 0 Å². The van der Waals surface area contributed by atoms with E-state index in [-0.39, 0.29) is 31.4 Å². The second-order valence-electron chi connectivity index (χ2n) is 8.43. The van der Waals surface area contributed by atoms with Crippen molar-refractivity contribution >= 4 is 33.4 Å². The summed E-state index contributed by atoms with van der Waals surface area (Å²) in [5.41, 5.74) is -0.587. The molecule has 3 rings (SSSR count). The number of carbonyl (C=O) groups excluding carboxylic acids is 2. The number of hydrogen-bond donors (Lipinski definition) is 1. The first-order chi connectivity index (χ1) is 15.2. The first-order valence-electron chi connectivity index (χ1n) is 10.6. The van der Waals surface area contributed by atoms with E-state index in [1.54, 1.807) is 34.1 Å². The van der Waals surface area contributed by atoms with Gasteiger partial charge in [0.2, 0.25) is 21.8 Å². The minimum absolute atomic E-state index is 0.00607. The normalized spacial score (nSPS) is 21.9. The maximum atomic E-state index is 13.1. The molecule has 1 N–H and O–H groups in total. The minimum atomic E-state index is -3.48. The van der Waals surface area contributed by atoms with Gasteiger partial charge in [0.15, 0.2) is 0 Å². The highest BCUT2D eigenvalue weighted by Gasteiger charge is 2.41. The molecule has 1 unspecified atom stereocenters. The molecule has 178 valence electrons. The summed E-state index contributed by atoms with van der Waals surface area (Å²) in [7, 11) is -3.48. The summed E-state index contributed by atoms with van der Waals surface area (Å²) in [4.78, 5) is 29.1. The summed E-state index contributed by atoms with van der Waals surface area (Å²) in [6.45, 7) is 2.88. The van der Waals surface area contributed by atoms with Gasteiger partial charge in [-0.3, -0.25) is 9.59 Å². The van der Waals surface area contributed by atoms with Gasteiger partial charge in [0.1, 0.15) is 5.75 Å². The molecular weight excluding hydrogens is 458 g/mol. The Morgan fingerprint density at radius 3 is 2.62 bits per heavy atom. The molecule has 2 heterocycles. The van der Waals surface area contributed by atoms with Crippen LogP contribution in [-0.4, -0.2) is 88.8 Å². The van der Waals surface area contributed by atoms with Crippen LogP contribution in [0.5, 0.6) is 5.75 Å². The standard InChI is InChI=1S/C21H30ClN3O6S/c1-32(28,29)23-14-20(27)25-7-3-6-21(15-25,13-19(26)24-8-10-30-11-9-24)16-31-18-5-2-4-17(22)12-18/h2,4-5,12,23H,3,6-11,13-16H2,1H3. The molecule has 0 aromatic heterocycles. The number of benzene rings is 1. The van der Waals surface area contributed by atoms with E-state index in [1.807, 2.05) is 0 Å². The fourth-order valence-corrected chi connectivity index (χ4v) is 4.64. The smallest absolute Gasteiger partial charge is 0.237 e. The van der Waals surface area contributed by atoms with Crippen molar-refractivity contribution in [1.82, 2.24) is 14.5 Å². The molecular formula is C21H30ClN3O6S. The van der Waals surface area contributed by atoms with E-state index in [1.165, 1.54) is 0 Å². The molecule has 1 aromatic rings. The van der Waals surface area contributed by atoms with Gasteiger partial charge in [-0.05, 0) is 31.0 Å². The van der Waals surface area contributed by atoms with Crippen molar-refractivity contribution in [3.8, 4) is 5.75 Å². The Bertz CT molecular complexity index is 922. The predicted octanol–water partition coefficient (Wildman–Crippen LogP) is 1.13. The fourth-order valence-electron chi connectivity index (χ4n) is 4.08. The zero-order valence-corrected chi connectivity index (χ0v) is 19.8.